The summed E-state index contributed by atoms with van der Waals surface area (Å²) in [6.45, 7) is 1.71. The van der Waals surface area contributed by atoms with Crippen LogP contribution in [0, 0.1) is 18.6 Å². The van der Waals surface area contributed by atoms with Crippen molar-refractivity contribution in [3.63, 3.8) is 0 Å². The van der Waals surface area contributed by atoms with E-state index in [0.717, 1.165) is 12.1 Å². The molecular formula is C11H7Cl2F2N3. The molecular weight excluding hydrogens is 283 g/mol. The molecule has 0 fully saturated rings. The Bertz CT molecular complexity index is 562. The van der Waals surface area contributed by atoms with Crippen molar-refractivity contribution < 1.29 is 8.78 Å². The van der Waals surface area contributed by atoms with Gasteiger partial charge in [-0.1, -0.05) is 11.6 Å². The average Bonchev–Trinajstić information content (AvgIpc) is 2.22. The van der Waals surface area contributed by atoms with E-state index in [0.29, 0.717) is 5.69 Å². The van der Waals surface area contributed by atoms with Crippen LogP contribution >= 0.6 is 23.2 Å². The third-order valence-corrected chi connectivity index (χ3v) is 2.55. The lowest BCUT2D eigenvalue weighted by molar-refractivity contribution is 0.586. The zero-order valence-electron chi connectivity index (χ0n) is 9.14. The maximum absolute atomic E-state index is 13.5. The summed E-state index contributed by atoms with van der Waals surface area (Å²) >= 11 is 11.4. The predicted molar refractivity (Wildman–Crippen MR) is 66.4 cm³/mol. The van der Waals surface area contributed by atoms with Gasteiger partial charge in [-0.05, 0) is 24.6 Å². The fourth-order valence-corrected chi connectivity index (χ4v) is 1.85. The van der Waals surface area contributed by atoms with Crippen LogP contribution in [0.5, 0.6) is 0 Å². The largest absolute Gasteiger partial charge is 0.336 e. The Morgan fingerprint density at radius 2 is 1.83 bits per heavy atom. The van der Waals surface area contributed by atoms with Crippen molar-refractivity contribution in [2.75, 3.05) is 5.32 Å². The smallest absolute Gasteiger partial charge is 0.224 e. The maximum atomic E-state index is 13.5. The van der Waals surface area contributed by atoms with E-state index >= 15 is 0 Å². The minimum atomic E-state index is -0.813. The molecule has 0 amide bonds. The fraction of sp³-hybridized carbons (Fsp3) is 0.0909. The molecule has 0 saturated heterocycles. The van der Waals surface area contributed by atoms with E-state index in [-0.39, 0.29) is 21.8 Å². The summed E-state index contributed by atoms with van der Waals surface area (Å²) < 4.78 is 26.4. The lowest BCUT2D eigenvalue weighted by Gasteiger charge is -2.09. The molecule has 7 heteroatoms. The Kier molecular flexibility index (Phi) is 3.63. The number of anilines is 2. The van der Waals surface area contributed by atoms with Crippen molar-refractivity contribution in [2.24, 2.45) is 0 Å². The molecule has 0 aliphatic rings. The minimum Gasteiger partial charge on any atom is -0.336 e. The van der Waals surface area contributed by atoms with Gasteiger partial charge < -0.3 is 5.32 Å². The molecule has 0 radical (unpaired) electrons. The van der Waals surface area contributed by atoms with Gasteiger partial charge in [0.2, 0.25) is 5.28 Å². The van der Waals surface area contributed by atoms with Gasteiger partial charge in [0.25, 0.3) is 0 Å². The highest BCUT2D eigenvalue weighted by Crippen LogP contribution is 2.29. The predicted octanol–water partition coefficient (Wildman–Crippen LogP) is 4.11. The zero-order chi connectivity index (χ0) is 13.3. The van der Waals surface area contributed by atoms with Gasteiger partial charge in [0, 0.05) is 17.8 Å². The topological polar surface area (TPSA) is 37.8 Å². The number of aryl methyl sites for hydroxylation is 1. The molecule has 1 aromatic heterocycles. The summed E-state index contributed by atoms with van der Waals surface area (Å²) in [5.74, 6) is -1.28. The molecule has 1 N–H and O–H groups in total. The molecule has 0 saturated carbocycles. The van der Waals surface area contributed by atoms with E-state index in [2.05, 4.69) is 15.3 Å². The first kappa shape index (κ1) is 13.0. The number of nitrogens with one attached hydrogen (secondary N) is 1. The Labute approximate surface area is 112 Å². The van der Waals surface area contributed by atoms with Crippen LogP contribution in [0.1, 0.15) is 5.69 Å². The molecule has 0 bridgehead atoms. The zero-order valence-corrected chi connectivity index (χ0v) is 10.7. The molecule has 0 aliphatic carbocycles. The molecule has 1 aromatic carbocycles. The van der Waals surface area contributed by atoms with Crippen LogP contribution in [0.15, 0.2) is 18.2 Å². The van der Waals surface area contributed by atoms with Crippen LogP contribution in [0.2, 0.25) is 10.3 Å². The third kappa shape index (κ3) is 2.86. The van der Waals surface area contributed by atoms with Crippen LogP contribution in [-0.4, -0.2) is 9.97 Å². The number of hydrogen-bond donors (Lipinski definition) is 1. The second-order valence-corrected chi connectivity index (χ2v) is 4.28. The lowest BCUT2D eigenvalue weighted by atomic mass is 10.3. The van der Waals surface area contributed by atoms with E-state index in [1.807, 2.05) is 0 Å². The highest BCUT2D eigenvalue weighted by atomic mass is 35.5. The quantitative estimate of drug-likeness (QED) is 0.846. The first-order chi connectivity index (χ1) is 8.45. The summed E-state index contributed by atoms with van der Waals surface area (Å²) in [6, 6.07) is 3.29. The molecule has 1 heterocycles. The normalized spacial score (nSPS) is 10.5. The van der Waals surface area contributed by atoms with Crippen molar-refractivity contribution in [3.05, 3.63) is 45.8 Å². The van der Waals surface area contributed by atoms with Gasteiger partial charge in [-0.15, -0.1) is 0 Å². The third-order valence-electron chi connectivity index (χ3n) is 2.09. The van der Waals surface area contributed by atoms with Crippen molar-refractivity contribution in [1.29, 1.82) is 0 Å². The number of rotatable bonds is 2. The maximum Gasteiger partial charge on any atom is 0.224 e. The summed E-state index contributed by atoms with van der Waals surface area (Å²) in [5, 5.41) is 2.58. The molecule has 0 unspecified atom stereocenters. The lowest BCUT2D eigenvalue weighted by Crippen LogP contribution is -2.00. The van der Waals surface area contributed by atoms with Gasteiger partial charge in [-0.2, -0.15) is 0 Å². The molecule has 3 nitrogen and oxygen atoms in total. The van der Waals surface area contributed by atoms with Crippen molar-refractivity contribution >= 4 is 34.7 Å². The van der Waals surface area contributed by atoms with Gasteiger partial charge >= 0.3 is 0 Å². The monoisotopic (exact) mass is 289 g/mol. The van der Waals surface area contributed by atoms with Crippen molar-refractivity contribution in [3.8, 4) is 0 Å². The van der Waals surface area contributed by atoms with Crippen LogP contribution in [-0.2, 0) is 0 Å². The second-order valence-electron chi connectivity index (χ2n) is 3.53. The van der Waals surface area contributed by atoms with E-state index in [1.165, 1.54) is 0 Å². The fourth-order valence-electron chi connectivity index (χ4n) is 1.39. The van der Waals surface area contributed by atoms with Gasteiger partial charge in [-0.3, -0.25) is 0 Å². The van der Waals surface area contributed by atoms with Crippen LogP contribution < -0.4 is 5.32 Å². The average molecular weight is 290 g/mol. The van der Waals surface area contributed by atoms with Crippen LogP contribution in [0.3, 0.4) is 0 Å². The molecule has 18 heavy (non-hydrogen) atoms. The molecule has 2 rings (SSSR count). The standard InChI is InChI=1S/C11H7Cl2F2N3/c1-5-2-9(18-11(13)16-5)17-10-7(12)3-6(14)4-8(10)15/h2-4H,1H3,(H,16,17,18). The van der Waals surface area contributed by atoms with E-state index in [1.54, 1.807) is 13.0 Å². The van der Waals surface area contributed by atoms with Crippen LogP contribution in [0.25, 0.3) is 0 Å². The van der Waals surface area contributed by atoms with Crippen molar-refractivity contribution in [1.82, 2.24) is 9.97 Å². The first-order valence-corrected chi connectivity index (χ1v) is 5.64. The molecule has 0 spiro atoms. The summed E-state index contributed by atoms with van der Waals surface area (Å²) in [6.07, 6.45) is 0. The van der Waals surface area contributed by atoms with Crippen LogP contribution in [0.4, 0.5) is 20.3 Å². The molecule has 0 atom stereocenters. The number of nitrogens with zero attached hydrogens (tertiary/aromatic N) is 2. The Morgan fingerprint density at radius 1 is 1.11 bits per heavy atom. The summed E-state index contributed by atoms with van der Waals surface area (Å²) in [4.78, 5) is 7.72. The Hall–Kier alpha value is -1.46. The highest BCUT2D eigenvalue weighted by molar-refractivity contribution is 6.33. The highest BCUT2D eigenvalue weighted by Gasteiger charge is 2.11. The minimum absolute atomic E-state index is 0.0242. The summed E-state index contributed by atoms with van der Waals surface area (Å²) in [7, 11) is 0. The Balaban J connectivity index is 2.40. The van der Waals surface area contributed by atoms with Gasteiger partial charge in [0.15, 0.2) is 5.82 Å². The summed E-state index contributed by atoms with van der Waals surface area (Å²) in [5.41, 5.74) is 0.545. The number of halogens is 4. The number of benzene rings is 1. The van der Waals surface area contributed by atoms with Gasteiger partial charge in [0.05, 0.1) is 10.7 Å². The SMILES string of the molecule is Cc1cc(Nc2c(F)cc(F)cc2Cl)nc(Cl)n1. The van der Waals surface area contributed by atoms with Gasteiger partial charge in [0.1, 0.15) is 11.6 Å². The molecule has 2 aromatic rings. The van der Waals surface area contributed by atoms with Crippen molar-refractivity contribution in [2.45, 2.75) is 6.92 Å². The van der Waals surface area contributed by atoms with Gasteiger partial charge in [-0.25, -0.2) is 18.7 Å². The Morgan fingerprint density at radius 3 is 2.44 bits per heavy atom. The molecule has 0 aliphatic heterocycles. The number of aromatic nitrogens is 2. The van der Waals surface area contributed by atoms with E-state index in [9.17, 15) is 8.78 Å². The van der Waals surface area contributed by atoms with E-state index in [4.69, 9.17) is 23.2 Å². The number of hydrogen-bond acceptors (Lipinski definition) is 3. The first-order valence-electron chi connectivity index (χ1n) is 4.88. The second kappa shape index (κ2) is 5.04. The molecule has 94 valence electrons. The van der Waals surface area contributed by atoms with E-state index < -0.39 is 11.6 Å².